The Labute approximate surface area is 144 Å². The van der Waals surface area contributed by atoms with Crippen LogP contribution in [0.4, 0.5) is 4.79 Å². The van der Waals surface area contributed by atoms with E-state index in [0.717, 1.165) is 0 Å². The molecule has 0 saturated carbocycles. The first-order valence-corrected chi connectivity index (χ1v) is 7.28. The second kappa shape index (κ2) is 7.13. The summed E-state index contributed by atoms with van der Waals surface area (Å²) < 4.78 is 10.8. The lowest BCUT2D eigenvalue weighted by Gasteiger charge is -2.15. The lowest BCUT2D eigenvalue weighted by molar-refractivity contribution is -0.124. The van der Waals surface area contributed by atoms with Gasteiger partial charge in [0, 0.05) is 0 Å². The number of benzene rings is 1. The van der Waals surface area contributed by atoms with Gasteiger partial charge in [-0.2, -0.15) is 0 Å². The third-order valence-electron chi connectivity index (χ3n) is 2.86. The van der Waals surface area contributed by atoms with Gasteiger partial charge in [-0.25, -0.2) is 4.79 Å². The molecule has 5 amide bonds. The number of rotatable bonds is 5. The average molecular weight is 398 g/mol. The quantitative estimate of drug-likeness (QED) is 0.474. The highest BCUT2D eigenvalue weighted by Crippen LogP contribution is 2.37. The largest absolute Gasteiger partial charge is 0.493 e. The highest BCUT2D eigenvalue weighted by molar-refractivity contribution is 9.10. The molecule has 1 heterocycles. The molecule has 1 aliphatic heterocycles. The van der Waals surface area contributed by atoms with Crippen LogP contribution >= 0.6 is 15.9 Å². The van der Waals surface area contributed by atoms with Crippen LogP contribution in [-0.2, 0) is 14.4 Å². The summed E-state index contributed by atoms with van der Waals surface area (Å²) in [6.07, 6.45) is 1.28. The predicted octanol–water partition coefficient (Wildman–Crippen LogP) is 0.0712. The SMILES string of the molecule is COc1cc(C=C2C(=O)NC(=O)NC2=O)cc(Br)c1OCC(N)=O. The number of ether oxygens (including phenoxy) is 2. The fourth-order valence-corrected chi connectivity index (χ4v) is 2.45. The normalized spacial score (nSPS) is 13.9. The van der Waals surface area contributed by atoms with Crippen molar-refractivity contribution < 1.29 is 28.7 Å². The third-order valence-corrected chi connectivity index (χ3v) is 3.45. The lowest BCUT2D eigenvalue weighted by atomic mass is 10.1. The first kappa shape index (κ1) is 17.5. The van der Waals surface area contributed by atoms with Crippen molar-refractivity contribution >= 4 is 45.8 Å². The molecular formula is C14H12BrN3O6. The summed E-state index contributed by atoms with van der Waals surface area (Å²) in [4.78, 5) is 45.3. The van der Waals surface area contributed by atoms with Gasteiger partial charge in [-0.1, -0.05) is 0 Å². The molecule has 0 bridgehead atoms. The van der Waals surface area contributed by atoms with Gasteiger partial charge in [0.1, 0.15) is 5.57 Å². The van der Waals surface area contributed by atoms with Crippen LogP contribution in [0.2, 0.25) is 0 Å². The summed E-state index contributed by atoms with van der Waals surface area (Å²) in [5, 5.41) is 3.94. The summed E-state index contributed by atoms with van der Waals surface area (Å²) >= 11 is 3.25. The molecule has 1 fully saturated rings. The van der Waals surface area contributed by atoms with Gasteiger partial charge in [0.15, 0.2) is 18.1 Å². The number of primary amides is 1. The van der Waals surface area contributed by atoms with Gasteiger partial charge in [-0.3, -0.25) is 25.0 Å². The molecule has 0 spiro atoms. The average Bonchev–Trinajstić information content (AvgIpc) is 2.49. The van der Waals surface area contributed by atoms with Crippen molar-refractivity contribution in [3.05, 3.63) is 27.7 Å². The molecule has 24 heavy (non-hydrogen) atoms. The summed E-state index contributed by atoms with van der Waals surface area (Å²) in [6, 6.07) is 2.16. The Kier molecular flexibility index (Phi) is 5.19. The Bertz CT molecular complexity index is 752. The summed E-state index contributed by atoms with van der Waals surface area (Å²) in [6.45, 7) is -0.345. The second-order valence-electron chi connectivity index (χ2n) is 4.58. The number of hydrogen-bond donors (Lipinski definition) is 3. The molecule has 1 aromatic carbocycles. The second-order valence-corrected chi connectivity index (χ2v) is 5.44. The molecule has 0 unspecified atom stereocenters. The zero-order valence-corrected chi connectivity index (χ0v) is 13.9. The predicted molar refractivity (Wildman–Crippen MR) is 85.0 cm³/mol. The Hall–Kier alpha value is -2.88. The van der Waals surface area contributed by atoms with Crippen LogP contribution in [0.15, 0.2) is 22.2 Å². The molecule has 0 aliphatic carbocycles. The van der Waals surface area contributed by atoms with E-state index in [0.29, 0.717) is 10.0 Å². The maximum Gasteiger partial charge on any atom is 0.328 e. The number of methoxy groups -OCH3 is 1. The Morgan fingerprint density at radius 2 is 1.88 bits per heavy atom. The Balaban J connectivity index is 2.38. The van der Waals surface area contributed by atoms with Gasteiger partial charge in [0.2, 0.25) is 0 Å². The van der Waals surface area contributed by atoms with Crippen LogP contribution in [0.25, 0.3) is 6.08 Å². The molecule has 10 heteroatoms. The number of amides is 5. The van der Waals surface area contributed by atoms with Crippen molar-refractivity contribution in [2.45, 2.75) is 0 Å². The zero-order chi connectivity index (χ0) is 17.9. The number of carbonyl (C=O) groups excluding carboxylic acids is 4. The van der Waals surface area contributed by atoms with Crippen molar-refractivity contribution in [3.63, 3.8) is 0 Å². The maximum atomic E-state index is 11.7. The minimum absolute atomic E-state index is 0.241. The minimum atomic E-state index is -0.879. The first-order chi connectivity index (χ1) is 11.3. The van der Waals surface area contributed by atoms with Crippen LogP contribution in [0.3, 0.4) is 0 Å². The highest BCUT2D eigenvalue weighted by atomic mass is 79.9. The summed E-state index contributed by atoms with van der Waals surface area (Å²) in [7, 11) is 1.38. The number of imide groups is 2. The van der Waals surface area contributed by atoms with E-state index >= 15 is 0 Å². The van der Waals surface area contributed by atoms with Gasteiger partial charge in [-0.05, 0) is 39.7 Å². The van der Waals surface area contributed by atoms with Gasteiger partial charge < -0.3 is 15.2 Å². The first-order valence-electron chi connectivity index (χ1n) is 6.48. The summed E-state index contributed by atoms with van der Waals surface area (Å²) in [5.74, 6) is -1.78. The Morgan fingerprint density at radius 1 is 1.25 bits per heavy atom. The third kappa shape index (κ3) is 3.90. The topological polar surface area (TPSA) is 137 Å². The van der Waals surface area contributed by atoms with Crippen LogP contribution in [0.5, 0.6) is 11.5 Å². The number of nitrogens with two attached hydrogens (primary N) is 1. The minimum Gasteiger partial charge on any atom is -0.493 e. The van der Waals surface area contributed by atoms with E-state index in [1.54, 1.807) is 6.07 Å². The fourth-order valence-electron chi connectivity index (χ4n) is 1.88. The Morgan fingerprint density at radius 3 is 2.42 bits per heavy atom. The van der Waals surface area contributed by atoms with Gasteiger partial charge >= 0.3 is 6.03 Å². The monoisotopic (exact) mass is 397 g/mol. The zero-order valence-electron chi connectivity index (χ0n) is 12.3. The standard InChI is InChI=1S/C14H12BrN3O6/c1-23-9-4-6(3-8(15)11(9)24-5-10(16)19)2-7-12(20)17-14(22)18-13(7)21/h2-4H,5H2,1H3,(H2,16,19)(H2,17,18,20,21,22). The molecule has 0 atom stereocenters. The number of nitrogens with one attached hydrogen (secondary N) is 2. The molecule has 126 valence electrons. The van der Waals surface area contributed by atoms with E-state index in [2.05, 4.69) is 15.9 Å². The molecule has 2 rings (SSSR count). The number of barbiturate groups is 1. The number of urea groups is 1. The van der Waals surface area contributed by atoms with Crippen molar-refractivity contribution in [2.75, 3.05) is 13.7 Å². The van der Waals surface area contributed by atoms with E-state index in [4.69, 9.17) is 15.2 Å². The molecule has 1 aromatic rings. The molecule has 1 saturated heterocycles. The van der Waals surface area contributed by atoms with Crippen molar-refractivity contribution in [3.8, 4) is 11.5 Å². The highest BCUT2D eigenvalue weighted by Gasteiger charge is 2.27. The summed E-state index contributed by atoms with van der Waals surface area (Å²) in [5.41, 5.74) is 5.22. The lowest BCUT2D eigenvalue weighted by Crippen LogP contribution is -2.51. The van der Waals surface area contributed by atoms with Crippen LogP contribution in [-0.4, -0.2) is 37.5 Å². The molecular weight excluding hydrogens is 386 g/mol. The van der Waals surface area contributed by atoms with E-state index in [9.17, 15) is 19.2 Å². The molecule has 0 radical (unpaired) electrons. The van der Waals surface area contributed by atoms with E-state index < -0.39 is 23.8 Å². The number of halogens is 1. The van der Waals surface area contributed by atoms with Crippen LogP contribution in [0.1, 0.15) is 5.56 Å². The number of hydrogen-bond acceptors (Lipinski definition) is 6. The molecule has 0 aromatic heterocycles. The van der Waals surface area contributed by atoms with Gasteiger partial charge in [0.25, 0.3) is 17.7 Å². The molecule has 4 N–H and O–H groups in total. The van der Waals surface area contributed by atoms with Gasteiger partial charge in [-0.15, -0.1) is 0 Å². The van der Waals surface area contributed by atoms with Crippen LogP contribution < -0.4 is 25.8 Å². The molecule has 1 aliphatic rings. The van der Waals surface area contributed by atoms with Crippen molar-refractivity contribution in [1.29, 1.82) is 0 Å². The fraction of sp³-hybridized carbons (Fsp3) is 0.143. The van der Waals surface area contributed by atoms with Gasteiger partial charge in [0.05, 0.1) is 11.6 Å². The van der Waals surface area contributed by atoms with Crippen LogP contribution in [0, 0.1) is 0 Å². The van der Waals surface area contributed by atoms with E-state index in [1.807, 2.05) is 10.6 Å². The maximum absolute atomic E-state index is 11.7. The van der Waals surface area contributed by atoms with Crippen molar-refractivity contribution in [2.24, 2.45) is 5.73 Å². The van der Waals surface area contributed by atoms with E-state index in [1.165, 1.54) is 19.3 Å². The van der Waals surface area contributed by atoms with E-state index in [-0.39, 0.29) is 23.7 Å². The number of carbonyl (C=O) groups is 4. The molecule has 9 nitrogen and oxygen atoms in total. The smallest absolute Gasteiger partial charge is 0.328 e. The van der Waals surface area contributed by atoms with Crippen molar-refractivity contribution in [1.82, 2.24) is 10.6 Å².